The maximum atomic E-state index is 13.0. The van der Waals surface area contributed by atoms with Gasteiger partial charge in [-0.3, -0.25) is 9.59 Å². The number of sulfonamides is 1. The smallest absolute Gasteiger partial charge is 0.227 e. The molecule has 2 aliphatic heterocycles. The van der Waals surface area contributed by atoms with Gasteiger partial charge in [0, 0.05) is 38.3 Å². The van der Waals surface area contributed by atoms with Crippen molar-refractivity contribution in [1.82, 2.24) is 9.62 Å². The number of nitrogens with zero attached hydrogens (tertiary/aromatic N) is 2. The van der Waals surface area contributed by atoms with E-state index in [1.807, 2.05) is 43.3 Å². The average Bonchev–Trinajstić information content (AvgIpc) is 3.26. The minimum Gasteiger partial charge on any atom is -0.493 e. The number of ether oxygens (including phenoxy) is 2. The van der Waals surface area contributed by atoms with Crippen LogP contribution in [0.4, 0.5) is 5.69 Å². The van der Waals surface area contributed by atoms with Crippen molar-refractivity contribution in [3.05, 3.63) is 53.1 Å². The molecule has 2 aromatic rings. The molecule has 0 radical (unpaired) electrons. The lowest BCUT2D eigenvalue weighted by molar-refractivity contribution is -0.126. The van der Waals surface area contributed by atoms with Gasteiger partial charge >= 0.3 is 0 Å². The van der Waals surface area contributed by atoms with Gasteiger partial charge in [-0.05, 0) is 60.7 Å². The Morgan fingerprint density at radius 1 is 1.11 bits per heavy atom. The number of hydrogen-bond donors (Lipinski definition) is 1. The summed E-state index contributed by atoms with van der Waals surface area (Å²) in [6.07, 6.45) is 1.05. The second-order valence-corrected chi connectivity index (χ2v) is 11.4. The van der Waals surface area contributed by atoms with Gasteiger partial charge in [-0.25, -0.2) is 8.42 Å². The molecule has 1 unspecified atom stereocenters. The number of carbonyl (C=O) groups excluding carboxylic acids is 2. The second-order valence-electron chi connectivity index (χ2n) is 9.26. The van der Waals surface area contributed by atoms with Crippen LogP contribution in [0.5, 0.6) is 11.5 Å². The zero-order valence-electron chi connectivity index (χ0n) is 21.0. The molecule has 10 heteroatoms. The Morgan fingerprint density at radius 3 is 2.53 bits per heavy atom. The molecule has 2 aromatic carbocycles. The maximum absolute atomic E-state index is 13.0. The van der Waals surface area contributed by atoms with Gasteiger partial charge in [0.05, 0.1) is 25.9 Å². The molecule has 4 rings (SSSR count). The molecule has 1 fully saturated rings. The Morgan fingerprint density at radius 2 is 1.83 bits per heavy atom. The number of nitrogens with one attached hydrogen (secondary N) is 1. The van der Waals surface area contributed by atoms with Crippen LogP contribution < -0.4 is 19.7 Å². The largest absolute Gasteiger partial charge is 0.493 e. The number of anilines is 1. The monoisotopic (exact) mass is 515 g/mol. The quantitative estimate of drug-likeness (QED) is 0.514. The zero-order valence-corrected chi connectivity index (χ0v) is 21.8. The fourth-order valence-electron chi connectivity index (χ4n) is 4.76. The van der Waals surface area contributed by atoms with Crippen LogP contribution in [0.3, 0.4) is 0 Å². The number of rotatable bonds is 9. The van der Waals surface area contributed by atoms with Gasteiger partial charge in [-0.2, -0.15) is 4.31 Å². The first kappa shape index (κ1) is 26.0. The van der Waals surface area contributed by atoms with E-state index in [2.05, 4.69) is 5.32 Å². The van der Waals surface area contributed by atoms with Crippen molar-refractivity contribution < 1.29 is 27.5 Å². The summed E-state index contributed by atoms with van der Waals surface area (Å²) in [6, 6.07) is 11.4. The minimum atomic E-state index is -3.49. The molecule has 2 amide bonds. The van der Waals surface area contributed by atoms with Crippen molar-refractivity contribution in [2.45, 2.75) is 32.7 Å². The predicted molar refractivity (Wildman–Crippen MR) is 137 cm³/mol. The minimum absolute atomic E-state index is 0.0606. The van der Waals surface area contributed by atoms with Gasteiger partial charge in [0.25, 0.3) is 0 Å². The second kappa shape index (κ2) is 10.9. The average molecular weight is 516 g/mol. The normalized spacial score (nSPS) is 18.1. The van der Waals surface area contributed by atoms with Crippen LogP contribution in [-0.2, 0) is 32.6 Å². The van der Waals surface area contributed by atoms with Crippen LogP contribution >= 0.6 is 0 Å². The molecule has 36 heavy (non-hydrogen) atoms. The Hall–Kier alpha value is -3.11. The number of carbonyl (C=O) groups is 2. The van der Waals surface area contributed by atoms with Gasteiger partial charge in [-0.15, -0.1) is 0 Å². The number of fused-ring (bicyclic) bond motifs is 1. The number of benzene rings is 2. The third-order valence-electron chi connectivity index (χ3n) is 6.76. The van der Waals surface area contributed by atoms with Crippen LogP contribution in [0, 0.1) is 12.8 Å². The van der Waals surface area contributed by atoms with E-state index in [1.54, 1.807) is 19.1 Å². The van der Waals surface area contributed by atoms with E-state index in [0.29, 0.717) is 37.4 Å². The third-order valence-corrected chi connectivity index (χ3v) is 8.67. The Balaban J connectivity index is 1.27. The highest BCUT2D eigenvalue weighted by atomic mass is 32.2. The van der Waals surface area contributed by atoms with E-state index in [4.69, 9.17) is 9.47 Å². The highest BCUT2D eigenvalue weighted by Gasteiger charge is 2.35. The van der Waals surface area contributed by atoms with E-state index in [0.717, 1.165) is 22.4 Å². The van der Waals surface area contributed by atoms with Crippen molar-refractivity contribution in [2.75, 3.05) is 44.5 Å². The summed E-state index contributed by atoms with van der Waals surface area (Å²) in [6.45, 7) is 3.20. The molecule has 0 aromatic heterocycles. The molecule has 2 heterocycles. The first-order chi connectivity index (χ1) is 17.2. The Labute approximate surface area is 212 Å². The van der Waals surface area contributed by atoms with E-state index in [1.165, 1.54) is 4.31 Å². The van der Waals surface area contributed by atoms with Crippen LogP contribution in [0.2, 0.25) is 0 Å². The number of hydrogen-bond acceptors (Lipinski definition) is 6. The molecule has 1 atom stereocenters. The number of aryl methyl sites for hydroxylation is 1. The highest BCUT2D eigenvalue weighted by molar-refractivity contribution is 7.89. The summed E-state index contributed by atoms with van der Waals surface area (Å²) in [5.41, 5.74) is 3.79. The van der Waals surface area contributed by atoms with Gasteiger partial charge in [0.1, 0.15) is 0 Å². The third kappa shape index (κ3) is 5.65. The van der Waals surface area contributed by atoms with Gasteiger partial charge in [0.15, 0.2) is 11.5 Å². The summed E-state index contributed by atoms with van der Waals surface area (Å²) >= 11 is 0. The Kier molecular flexibility index (Phi) is 7.85. The topological polar surface area (TPSA) is 105 Å². The van der Waals surface area contributed by atoms with E-state index < -0.39 is 15.9 Å². The fourth-order valence-corrected chi connectivity index (χ4v) is 6.24. The molecule has 0 spiro atoms. The number of methoxy groups -OCH3 is 2. The molecular formula is C26H33N3O6S. The van der Waals surface area contributed by atoms with Crippen LogP contribution in [0.15, 0.2) is 36.4 Å². The summed E-state index contributed by atoms with van der Waals surface area (Å²) < 4.78 is 38.1. The van der Waals surface area contributed by atoms with E-state index >= 15 is 0 Å². The van der Waals surface area contributed by atoms with Crippen LogP contribution in [-0.4, -0.2) is 64.1 Å². The molecule has 0 aliphatic carbocycles. The summed E-state index contributed by atoms with van der Waals surface area (Å²) in [7, 11) is -0.359. The lowest BCUT2D eigenvalue weighted by Gasteiger charge is -2.29. The number of amides is 2. The van der Waals surface area contributed by atoms with E-state index in [9.17, 15) is 18.0 Å². The van der Waals surface area contributed by atoms with E-state index in [-0.39, 0.29) is 37.1 Å². The van der Waals surface area contributed by atoms with Gasteiger partial charge in [0.2, 0.25) is 21.8 Å². The molecule has 0 saturated carbocycles. The molecule has 1 N–H and O–H groups in total. The Bertz CT molecular complexity index is 1250. The van der Waals surface area contributed by atoms with Crippen molar-refractivity contribution >= 4 is 27.5 Å². The lowest BCUT2D eigenvalue weighted by Crippen LogP contribution is -2.39. The SMILES string of the molecule is COc1cc2c(cc1OC)CN(S(=O)(=O)CCCNC(=O)C1CC(=O)N(c3cccc(C)c3)C1)CC2. The van der Waals surface area contributed by atoms with Crippen LogP contribution in [0.25, 0.3) is 0 Å². The van der Waals surface area contributed by atoms with Crippen molar-refractivity contribution in [3.8, 4) is 11.5 Å². The van der Waals surface area contributed by atoms with Crippen molar-refractivity contribution in [3.63, 3.8) is 0 Å². The summed E-state index contributed by atoms with van der Waals surface area (Å²) in [4.78, 5) is 26.7. The maximum Gasteiger partial charge on any atom is 0.227 e. The predicted octanol–water partition coefficient (Wildman–Crippen LogP) is 2.26. The van der Waals surface area contributed by atoms with Gasteiger partial charge < -0.3 is 19.7 Å². The zero-order chi connectivity index (χ0) is 25.9. The standard InChI is InChI=1S/C26H33N3O6S/c1-18-6-4-7-22(12-18)29-17-21(15-25(29)30)26(31)27-9-5-11-36(32,33)28-10-8-19-13-23(34-2)24(35-3)14-20(19)16-28/h4,6-7,12-14,21H,5,8-11,15-17H2,1-3H3,(H,27,31). The highest BCUT2D eigenvalue weighted by Crippen LogP contribution is 2.34. The molecule has 194 valence electrons. The summed E-state index contributed by atoms with van der Waals surface area (Å²) in [5.74, 6) is 0.403. The fraction of sp³-hybridized carbons (Fsp3) is 0.462. The first-order valence-electron chi connectivity index (χ1n) is 12.1. The van der Waals surface area contributed by atoms with Gasteiger partial charge in [-0.1, -0.05) is 12.1 Å². The first-order valence-corrected chi connectivity index (χ1v) is 13.7. The molecular weight excluding hydrogens is 482 g/mol. The molecule has 1 saturated heterocycles. The van der Waals surface area contributed by atoms with Crippen molar-refractivity contribution in [1.29, 1.82) is 0 Å². The van der Waals surface area contributed by atoms with Crippen LogP contribution in [0.1, 0.15) is 29.5 Å². The molecule has 9 nitrogen and oxygen atoms in total. The lowest BCUT2D eigenvalue weighted by atomic mass is 10.0. The van der Waals surface area contributed by atoms with Crippen molar-refractivity contribution in [2.24, 2.45) is 5.92 Å². The molecule has 0 bridgehead atoms. The summed E-state index contributed by atoms with van der Waals surface area (Å²) in [5, 5.41) is 2.82. The molecule has 2 aliphatic rings.